The van der Waals surface area contributed by atoms with Gasteiger partial charge in [-0.2, -0.15) is 0 Å². The summed E-state index contributed by atoms with van der Waals surface area (Å²) in [4.78, 5) is 10.9. The predicted molar refractivity (Wildman–Crippen MR) is 116 cm³/mol. The van der Waals surface area contributed by atoms with Crippen LogP contribution >= 0.6 is 24.0 Å². The summed E-state index contributed by atoms with van der Waals surface area (Å²) in [5.74, 6) is 1.65. The molecule has 0 radical (unpaired) electrons. The van der Waals surface area contributed by atoms with Crippen LogP contribution in [0.15, 0.2) is 47.6 Å². The van der Waals surface area contributed by atoms with Crippen LogP contribution in [0.2, 0.25) is 0 Å². The third-order valence-electron chi connectivity index (χ3n) is 4.47. The fraction of sp³-hybridized carbons (Fsp3) is 0.400. The van der Waals surface area contributed by atoms with Gasteiger partial charge in [-0.1, -0.05) is 13.8 Å². The number of halogens is 2. The van der Waals surface area contributed by atoms with Gasteiger partial charge < -0.3 is 15.0 Å². The molecular formula is C20H26FIN4O. The van der Waals surface area contributed by atoms with E-state index in [2.05, 4.69) is 34.0 Å². The van der Waals surface area contributed by atoms with E-state index in [0.29, 0.717) is 23.6 Å². The lowest BCUT2D eigenvalue weighted by molar-refractivity contribution is 0.370. The largest absolute Gasteiger partial charge is 0.439 e. The van der Waals surface area contributed by atoms with Crippen LogP contribution < -0.4 is 10.1 Å². The number of likely N-dealkylation sites (tertiary alicyclic amines) is 1. The second-order valence-corrected chi connectivity index (χ2v) is 7.29. The lowest BCUT2D eigenvalue weighted by Gasteiger charge is -2.23. The molecule has 146 valence electrons. The van der Waals surface area contributed by atoms with E-state index in [1.54, 1.807) is 18.3 Å². The molecule has 0 amide bonds. The maximum Gasteiger partial charge on any atom is 0.219 e. The zero-order valence-electron chi connectivity index (χ0n) is 15.9. The number of guanidine groups is 1. The summed E-state index contributed by atoms with van der Waals surface area (Å²) in [5.41, 5.74) is 1.36. The molecule has 2 heterocycles. The van der Waals surface area contributed by atoms with Crippen molar-refractivity contribution in [3.05, 3.63) is 54.0 Å². The molecule has 0 aliphatic carbocycles. The number of nitrogens with one attached hydrogen (secondary N) is 1. The fourth-order valence-electron chi connectivity index (χ4n) is 3.05. The van der Waals surface area contributed by atoms with Gasteiger partial charge in [-0.25, -0.2) is 9.37 Å². The number of pyridine rings is 1. The Bertz CT molecular complexity index is 780. The number of rotatable bonds is 4. The van der Waals surface area contributed by atoms with Gasteiger partial charge in [-0.05, 0) is 47.7 Å². The first kappa shape index (κ1) is 21.4. The smallest absolute Gasteiger partial charge is 0.219 e. The predicted octanol–water partition coefficient (Wildman–Crippen LogP) is 4.44. The van der Waals surface area contributed by atoms with E-state index in [-0.39, 0.29) is 29.8 Å². The van der Waals surface area contributed by atoms with E-state index < -0.39 is 0 Å². The molecule has 0 atom stereocenters. The second-order valence-electron chi connectivity index (χ2n) is 7.29. The normalized spacial score (nSPS) is 16.0. The minimum Gasteiger partial charge on any atom is -0.439 e. The zero-order valence-corrected chi connectivity index (χ0v) is 18.2. The molecule has 2 aromatic rings. The molecule has 1 aliphatic heterocycles. The molecule has 5 nitrogen and oxygen atoms in total. The summed E-state index contributed by atoms with van der Waals surface area (Å²) in [7, 11) is 1.81. The van der Waals surface area contributed by atoms with Crippen molar-refractivity contribution >= 4 is 29.9 Å². The molecule has 0 spiro atoms. The number of ether oxygens (including phenoxy) is 1. The van der Waals surface area contributed by atoms with Crippen LogP contribution in [0.3, 0.4) is 0 Å². The van der Waals surface area contributed by atoms with Gasteiger partial charge in [0.1, 0.15) is 11.6 Å². The minimum atomic E-state index is -0.292. The Balaban J connectivity index is 0.00000261. The molecule has 0 unspecified atom stereocenters. The molecular weight excluding hydrogens is 458 g/mol. The molecule has 0 saturated carbocycles. The Hall–Kier alpha value is -1.90. The van der Waals surface area contributed by atoms with E-state index in [0.717, 1.165) is 24.6 Å². The number of aromatic nitrogens is 1. The molecule has 27 heavy (non-hydrogen) atoms. The maximum absolute atomic E-state index is 13.0. The summed E-state index contributed by atoms with van der Waals surface area (Å²) in [6.07, 6.45) is 2.87. The van der Waals surface area contributed by atoms with Crippen molar-refractivity contribution in [3.8, 4) is 11.6 Å². The highest BCUT2D eigenvalue weighted by Crippen LogP contribution is 2.28. The highest BCUT2D eigenvalue weighted by Gasteiger charge is 2.30. The third kappa shape index (κ3) is 6.05. The van der Waals surface area contributed by atoms with Gasteiger partial charge >= 0.3 is 0 Å². The van der Waals surface area contributed by atoms with Gasteiger partial charge in [0.2, 0.25) is 5.88 Å². The topological polar surface area (TPSA) is 49.8 Å². The highest BCUT2D eigenvalue weighted by molar-refractivity contribution is 14.0. The molecule has 1 aromatic heterocycles. The first-order chi connectivity index (χ1) is 12.4. The van der Waals surface area contributed by atoms with Crippen molar-refractivity contribution in [2.24, 2.45) is 10.4 Å². The molecule has 0 bridgehead atoms. The van der Waals surface area contributed by atoms with Gasteiger partial charge in [-0.15, -0.1) is 24.0 Å². The summed E-state index contributed by atoms with van der Waals surface area (Å²) < 4.78 is 18.7. The van der Waals surface area contributed by atoms with Gasteiger partial charge in [0.15, 0.2) is 5.96 Å². The maximum atomic E-state index is 13.0. The average Bonchev–Trinajstić information content (AvgIpc) is 2.98. The van der Waals surface area contributed by atoms with Crippen molar-refractivity contribution in [2.45, 2.75) is 26.8 Å². The zero-order chi connectivity index (χ0) is 18.6. The minimum absolute atomic E-state index is 0. The Morgan fingerprint density at radius 2 is 2.04 bits per heavy atom. The summed E-state index contributed by atoms with van der Waals surface area (Å²) in [5, 5.41) is 3.41. The molecule has 3 rings (SSSR count). The molecule has 1 N–H and O–H groups in total. The summed E-state index contributed by atoms with van der Waals surface area (Å²) in [6, 6.07) is 9.70. The van der Waals surface area contributed by atoms with Gasteiger partial charge in [0.05, 0.1) is 0 Å². The van der Waals surface area contributed by atoms with Crippen LogP contribution in [0.25, 0.3) is 0 Å². The van der Waals surface area contributed by atoms with E-state index in [9.17, 15) is 4.39 Å². The number of nitrogens with zero attached hydrogens (tertiary/aromatic N) is 3. The number of hydrogen-bond acceptors (Lipinski definition) is 3. The van der Waals surface area contributed by atoms with Crippen LogP contribution in [0.4, 0.5) is 4.39 Å². The first-order valence-corrected chi connectivity index (χ1v) is 8.79. The van der Waals surface area contributed by atoms with E-state index in [4.69, 9.17) is 4.74 Å². The van der Waals surface area contributed by atoms with Crippen molar-refractivity contribution in [1.82, 2.24) is 15.2 Å². The standard InChI is InChI=1S/C20H25FN4O.HI/c1-20(2)9-11-25(14-20)19(22-3)24-13-15-8-10-23-18(12-15)26-17-6-4-16(21)5-7-17;/h4-8,10,12H,9,11,13-14H2,1-3H3,(H,22,24);1H. The van der Waals surface area contributed by atoms with Crippen molar-refractivity contribution in [3.63, 3.8) is 0 Å². The van der Waals surface area contributed by atoms with E-state index in [1.165, 1.54) is 18.6 Å². The number of benzene rings is 1. The van der Waals surface area contributed by atoms with Crippen molar-refractivity contribution in [1.29, 1.82) is 0 Å². The SMILES string of the molecule is CN=C(NCc1ccnc(Oc2ccc(F)cc2)c1)N1CCC(C)(C)C1.I. The van der Waals surface area contributed by atoms with E-state index in [1.807, 2.05) is 19.2 Å². The monoisotopic (exact) mass is 484 g/mol. The van der Waals surface area contributed by atoms with Crippen molar-refractivity contribution in [2.75, 3.05) is 20.1 Å². The Morgan fingerprint density at radius 1 is 1.30 bits per heavy atom. The molecule has 1 aromatic carbocycles. The van der Waals surface area contributed by atoms with Gasteiger partial charge in [-0.3, -0.25) is 4.99 Å². The second kappa shape index (κ2) is 9.34. The van der Waals surface area contributed by atoms with Gasteiger partial charge in [0, 0.05) is 38.9 Å². The molecule has 1 aliphatic rings. The van der Waals surface area contributed by atoms with Crippen LogP contribution in [-0.2, 0) is 6.54 Å². The Morgan fingerprint density at radius 3 is 2.67 bits per heavy atom. The number of hydrogen-bond donors (Lipinski definition) is 1. The number of aliphatic imine (C=N–C) groups is 1. The quantitative estimate of drug-likeness (QED) is 0.396. The lowest BCUT2D eigenvalue weighted by atomic mass is 9.93. The lowest BCUT2D eigenvalue weighted by Crippen LogP contribution is -2.40. The van der Waals surface area contributed by atoms with E-state index >= 15 is 0 Å². The fourth-order valence-corrected chi connectivity index (χ4v) is 3.05. The Kier molecular flexibility index (Phi) is 7.41. The average molecular weight is 484 g/mol. The first-order valence-electron chi connectivity index (χ1n) is 8.79. The summed E-state index contributed by atoms with van der Waals surface area (Å²) >= 11 is 0. The molecule has 7 heteroatoms. The van der Waals surface area contributed by atoms with Crippen LogP contribution in [0.1, 0.15) is 25.8 Å². The van der Waals surface area contributed by atoms with Gasteiger partial charge in [0.25, 0.3) is 0 Å². The van der Waals surface area contributed by atoms with Crippen LogP contribution in [-0.4, -0.2) is 36.0 Å². The summed E-state index contributed by atoms with van der Waals surface area (Å²) in [6.45, 7) is 7.21. The third-order valence-corrected chi connectivity index (χ3v) is 4.47. The van der Waals surface area contributed by atoms with Crippen LogP contribution in [0.5, 0.6) is 11.6 Å². The highest BCUT2D eigenvalue weighted by atomic mass is 127. The molecule has 1 saturated heterocycles. The molecule has 1 fully saturated rings. The Labute approximate surface area is 177 Å². The van der Waals surface area contributed by atoms with Crippen molar-refractivity contribution < 1.29 is 9.13 Å². The van der Waals surface area contributed by atoms with Crippen LogP contribution in [0, 0.1) is 11.2 Å².